The molecule has 2 N–H and O–H groups in total. The second-order valence-electron chi connectivity index (χ2n) is 8.24. The standard InChI is InChI=1S/C27H32N4O/c1-5-21-9-6-10-22(14-21)18-28-25-16-27(29-17-19(25)2)30-24-12-11-23(15-26(24)32-4)31-13-7-8-20(31)3/h6,9-12,14-17H,3,5,7-8,13,18H2,1-2,4H3,(H2,28,29,30). The van der Waals surface area contributed by atoms with Gasteiger partial charge < -0.3 is 20.3 Å². The zero-order chi connectivity index (χ0) is 22.5. The number of ether oxygens (including phenoxy) is 1. The van der Waals surface area contributed by atoms with E-state index in [1.807, 2.05) is 12.3 Å². The third kappa shape index (κ3) is 4.88. The van der Waals surface area contributed by atoms with E-state index in [-0.39, 0.29) is 0 Å². The number of nitrogens with one attached hydrogen (secondary N) is 2. The fourth-order valence-corrected chi connectivity index (χ4v) is 4.07. The molecule has 0 saturated carbocycles. The van der Waals surface area contributed by atoms with Crippen molar-refractivity contribution in [2.24, 2.45) is 0 Å². The summed E-state index contributed by atoms with van der Waals surface area (Å²) in [7, 11) is 1.70. The summed E-state index contributed by atoms with van der Waals surface area (Å²) in [5.74, 6) is 1.56. The monoisotopic (exact) mass is 428 g/mol. The van der Waals surface area contributed by atoms with E-state index in [2.05, 4.69) is 83.4 Å². The highest BCUT2D eigenvalue weighted by Gasteiger charge is 2.18. The van der Waals surface area contributed by atoms with E-state index in [1.54, 1.807) is 7.11 Å². The van der Waals surface area contributed by atoms with Crippen molar-refractivity contribution in [3.8, 4) is 5.75 Å². The van der Waals surface area contributed by atoms with Crippen LogP contribution in [0.15, 0.2) is 67.0 Å². The van der Waals surface area contributed by atoms with Gasteiger partial charge in [0, 0.05) is 48.5 Å². The van der Waals surface area contributed by atoms with Crippen LogP contribution in [-0.2, 0) is 13.0 Å². The van der Waals surface area contributed by atoms with Crippen molar-refractivity contribution < 1.29 is 4.74 Å². The number of hydrogen-bond donors (Lipinski definition) is 2. The van der Waals surface area contributed by atoms with Crippen LogP contribution in [0.25, 0.3) is 0 Å². The van der Waals surface area contributed by atoms with Gasteiger partial charge in [0.2, 0.25) is 0 Å². The molecule has 5 heteroatoms. The smallest absolute Gasteiger partial charge is 0.144 e. The van der Waals surface area contributed by atoms with E-state index in [0.29, 0.717) is 0 Å². The lowest BCUT2D eigenvalue weighted by molar-refractivity contribution is 0.417. The molecule has 0 aliphatic carbocycles. The first-order valence-electron chi connectivity index (χ1n) is 11.3. The first-order valence-corrected chi connectivity index (χ1v) is 11.3. The van der Waals surface area contributed by atoms with Crippen LogP contribution in [0.2, 0.25) is 0 Å². The highest BCUT2D eigenvalue weighted by atomic mass is 16.5. The molecule has 4 rings (SSSR count). The number of benzene rings is 2. The maximum atomic E-state index is 5.67. The number of rotatable bonds is 8. The average Bonchev–Trinajstić information content (AvgIpc) is 3.25. The SMILES string of the molecule is C=C1CCCN1c1ccc(Nc2cc(NCc3cccc(CC)c3)c(C)cn2)c(OC)c1. The van der Waals surface area contributed by atoms with E-state index in [1.165, 1.54) is 11.1 Å². The highest BCUT2D eigenvalue weighted by Crippen LogP contribution is 2.35. The Labute approximate surface area is 191 Å². The molecule has 0 amide bonds. The molecular formula is C27H32N4O. The molecule has 2 heterocycles. The Morgan fingerprint density at radius 2 is 1.94 bits per heavy atom. The Morgan fingerprint density at radius 1 is 1.09 bits per heavy atom. The van der Waals surface area contributed by atoms with Gasteiger partial charge in [0.15, 0.2) is 0 Å². The first-order chi connectivity index (χ1) is 15.6. The molecule has 0 bridgehead atoms. The summed E-state index contributed by atoms with van der Waals surface area (Å²) in [5, 5.41) is 6.98. The van der Waals surface area contributed by atoms with Gasteiger partial charge in [-0.3, -0.25) is 0 Å². The van der Waals surface area contributed by atoms with Crippen LogP contribution in [0.4, 0.5) is 22.9 Å². The zero-order valence-electron chi connectivity index (χ0n) is 19.2. The second kappa shape index (κ2) is 9.77. The summed E-state index contributed by atoms with van der Waals surface area (Å²) >= 11 is 0. The van der Waals surface area contributed by atoms with Gasteiger partial charge in [-0.1, -0.05) is 37.8 Å². The molecule has 1 aliphatic heterocycles. The van der Waals surface area contributed by atoms with E-state index < -0.39 is 0 Å². The van der Waals surface area contributed by atoms with Gasteiger partial charge in [0.1, 0.15) is 11.6 Å². The summed E-state index contributed by atoms with van der Waals surface area (Å²) in [6.07, 6.45) is 5.13. The van der Waals surface area contributed by atoms with Crippen LogP contribution in [-0.4, -0.2) is 18.6 Å². The predicted molar refractivity (Wildman–Crippen MR) is 134 cm³/mol. The van der Waals surface area contributed by atoms with Crippen molar-refractivity contribution >= 4 is 22.9 Å². The van der Waals surface area contributed by atoms with Gasteiger partial charge >= 0.3 is 0 Å². The molecule has 32 heavy (non-hydrogen) atoms. The van der Waals surface area contributed by atoms with Gasteiger partial charge in [-0.25, -0.2) is 4.98 Å². The second-order valence-corrected chi connectivity index (χ2v) is 8.24. The minimum Gasteiger partial charge on any atom is -0.494 e. The van der Waals surface area contributed by atoms with E-state index in [0.717, 1.165) is 72.2 Å². The maximum absolute atomic E-state index is 5.67. The van der Waals surface area contributed by atoms with Crippen molar-refractivity contribution in [1.82, 2.24) is 4.98 Å². The highest BCUT2D eigenvalue weighted by molar-refractivity contribution is 5.71. The zero-order valence-corrected chi connectivity index (χ0v) is 19.2. The third-order valence-electron chi connectivity index (χ3n) is 5.97. The summed E-state index contributed by atoms with van der Waals surface area (Å²) in [6.45, 7) is 10.2. The molecule has 0 atom stereocenters. The van der Waals surface area contributed by atoms with E-state index >= 15 is 0 Å². The Morgan fingerprint density at radius 3 is 2.69 bits per heavy atom. The van der Waals surface area contributed by atoms with Gasteiger partial charge in [-0.15, -0.1) is 0 Å². The quantitative estimate of drug-likeness (QED) is 0.433. The van der Waals surface area contributed by atoms with Crippen LogP contribution in [0.3, 0.4) is 0 Å². The number of allylic oxidation sites excluding steroid dienone is 1. The molecule has 0 unspecified atom stereocenters. The minimum atomic E-state index is 0.774. The van der Waals surface area contributed by atoms with Crippen LogP contribution in [0, 0.1) is 6.92 Å². The maximum Gasteiger partial charge on any atom is 0.144 e. The molecule has 1 fully saturated rings. The molecule has 1 aliphatic rings. The van der Waals surface area contributed by atoms with Crippen LogP contribution in [0.5, 0.6) is 5.75 Å². The van der Waals surface area contributed by atoms with Gasteiger partial charge in [0.05, 0.1) is 12.8 Å². The predicted octanol–water partition coefficient (Wildman–Crippen LogP) is 6.43. The average molecular weight is 429 g/mol. The van der Waals surface area contributed by atoms with Crippen molar-refractivity contribution in [2.75, 3.05) is 29.2 Å². The van der Waals surface area contributed by atoms with Gasteiger partial charge in [-0.05, 0) is 55.0 Å². The summed E-state index contributed by atoms with van der Waals surface area (Å²) in [4.78, 5) is 6.83. The third-order valence-corrected chi connectivity index (χ3v) is 5.97. The Hall–Kier alpha value is -3.47. The minimum absolute atomic E-state index is 0.774. The van der Waals surface area contributed by atoms with E-state index in [4.69, 9.17) is 4.74 Å². The molecule has 166 valence electrons. The fourth-order valence-electron chi connectivity index (χ4n) is 4.07. The number of aryl methyl sites for hydroxylation is 2. The first kappa shape index (κ1) is 21.8. The van der Waals surface area contributed by atoms with Crippen molar-refractivity contribution in [3.05, 3.63) is 83.7 Å². The normalized spacial score (nSPS) is 13.3. The number of anilines is 4. The van der Waals surface area contributed by atoms with Crippen LogP contribution in [0.1, 0.15) is 36.5 Å². The Kier molecular flexibility index (Phi) is 6.64. The summed E-state index contributed by atoms with van der Waals surface area (Å²) in [6, 6.07) is 17.0. The summed E-state index contributed by atoms with van der Waals surface area (Å²) in [5.41, 5.74) is 7.96. The molecule has 0 radical (unpaired) electrons. The number of hydrogen-bond acceptors (Lipinski definition) is 5. The largest absolute Gasteiger partial charge is 0.494 e. The number of methoxy groups -OCH3 is 1. The van der Waals surface area contributed by atoms with Gasteiger partial charge in [0.25, 0.3) is 0 Å². The molecule has 1 saturated heterocycles. The molecular weight excluding hydrogens is 396 g/mol. The molecule has 2 aromatic carbocycles. The number of nitrogens with zero attached hydrogens (tertiary/aromatic N) is 2. The Balaban J connectivity index is 1.50. The molecule has 5 nitrogen and oxygen atoms in total. The molecule has 3 aromatic rings. The Bertz CT molecular complexity index is 1110. The molecule has 0 spiro atoms. The number of aromatic nitrogens is 1. The number of pyridine rings is 1. The summed E-state index contributed by atoms with van der Waals surface area (Å²) < 4.78 is 5.67. The van der Waals surface area contributed by atoms with Crippen LogP contribution >= 0.6 is 0 Å². The topological polar surface area (TPSA) is 49.4 Å². The van der Waals surface area contributed by atoms with Crippen molar-refractivity contribution in [3.63, 3.8) is 0 Å². The molecule has 1 aromatic heterocycles. The van der Waals surface area contributed by atoms with Gasteiger partial charge in [-0.2, -0.15) is 0 Å². The lowest BCUT2D eigenvalue weighted by atomic mass is 10.1. The van der Waals surface area contributed by atoms with Crippen molar-refractivity contribution in [2.45, 2.75) is 39.7 Å². The lowest BCUT2D eigenvalue weighted by Crippen LogP contribution is -2.15. The van der Waals surface area contributed by atoms with Crippen molar-refractivity contribution in [1.29, 1.82) is 0 Å². The lowest BCUT2D eigenvalue weighted by Gasteiger charge is -2.21. The fraction of sp³-hybridized carbons (Fsp3) is 0.296. The van der Waals surface area contributed by atoms with E-state index in [9.17, 15) is 0 Å². The van der Waals surface area contributed by atoms with Crippen LogP contribution < -0.4 is 20.3 Å².